The van der Waals surface area contributed by atoms with Crippen molar-refractivity contribution in [2.75, 3.05) is 0 Å². The van der Waals surface area contributed by atoms with E-state index in [9.17, 15) is 14.4 Å². The van der Waals surface area contributed by atoms with Crippen LogP contribution in [0.4, 0.5) is 0 Å². The summed E-state index contributed by atoms with van der Waals surface area (Å²) in [5, 5.41) is 8.92. The molecule has 0 heterocycles. The zero-order valence-corrected chi connectivity index (χ0v) is 11.1. The number of unbranched alkanes of at least 4 members (excludes halogenated alkanes) is 2. The molecule has 1 rings (SSSR count). The maximum absolute atomic E-state index is 11.6. The van der Waals surface area contributed by atoms with Crippen molar-refractivity contribution >= 4 is 17.9 Å². The molecule has 1 N–H and O–H groups in total. The molecule has 0 aliphatic rings. The van der Waals surface area contributed by atoms with Gasteiger partial charge in [-0.15, -0.1) is 0 Å². The molecule has 0 atom stereocenters. The van der Waals surface area contributed by atoms with Crippen LogP contribution < -0.4 is 0 Å². The normalized spacial score (nSPS) is 9.85. The monoisotopic (exact) mass is 280 g/mol. The van der Waals surface area contributed by atoms with Gasteiger partial charge in [0.2, 0.25) is 0 Å². The van der Waals surface area contributed by atoms with Crippen LogP contribution in [0.15, 0.2) is 24.3 Å². The summed E-state index contributed by atoms with van der Waals surface area (Å²) in [7, 11) is 0. The van der Waals surface area contributed by atoms with E-state index in [1.807, 2.05) is 6.92 Å². The van der Waals surface area contributed by atoms with E-state index in [4.69, 9.17) is 5.11 Å². The largest absolute Gasteiger partial charge is 0.478 e. The third-order valence-corrected chi connectivity index (χ3v) is 2.57. The third kappa shape index (κ3) is 4.72. The second-order valence-electron chi connectivity index (χ2n) is 4.13. The highest BCUT2D eigenvalue weighted by Gasteiger charge is 2.19. The molecular weight excluding hydrogens is 264 g/mol. The molecule has 108 valence electrons. The second-order valence-corrected chi connectivity index (χ2v) is 4.13. The molecule has 0 aliphatic heterocycles. The lowest BCUT2D eigenvalue weighted by molar-refractivity contribution is -0.234. The standard InChI is InChI=1S/C14H16O6/c1-2-3-4-9-12(15)19-20-14(18)11-8-6-5-7-10(11)13(16)17/h5-8H,2-4,9H2,1H3,(H,16,17). The molecule has 0 fully saturated rings. The number of hydrogen-bond acceptors (Lipinski definition) is 5. The predicted octanol–water partition coefficient (Wildman–Crippen LogP) is 2.58. The molecular formula is C14H16O6. The summed E-state index contributed by atoms with van der Waals surface area (Å²) in [5.74, 6) is -2.92. The van der Waals surface area contributed by atoms with Crippen LogP contribution in [0.5, 0.6) is 0 Å². The second kappa shape index (κ2) is 7.93. The number of rotatable bonds is 6. The van der Waals surface area contributed by atoms with Crippen LogP contribution in [-0.2, 0) is 14.6 Å². The molecule has 0 saturated carbocycles. The lowest BCUT2D eigenvalue weighted by Crippen LogP contribution is -2.14. The van der Waals surface area contributed by atoms with Crippen LogP contribution in [-0.4, -0.2) is 23.0 Å². The topological polar surface area (TPSA) is 89.9 Å². The van der Waals surface area contributed by atoms with Crippen molar-refractivity contribution in [1.82, 2.24) is 0 Å². The van der Waals surface area contributed by atoms with E-state index < -0.39 is 17.9 Å². The van der Waals surface area contributed by atoms with Gasteiger partial charge in [-0.05, 0) is 18.6 Å². The first-order valence-electron chi connectivity index (χ1n) is 6.30. The van der Waals surface area contributed by atoms with Crippen molar-refractivity contribution < 1.29 is 29.3 Å². The van der Waals surface area contributed by atoms with Gasteiger partial charge in [-0.25, -0.2) is 24.2 Å². The SMILES string of the molecule is CCCCCC(=O)OOC(=O)c1ccccc1C(=O)O. The Morgan fingerprint density at radius 3 is 2.30 bits per heavy atom. The van der Waals surface area contributed by atoms with Gasteiger partial charge in [0.15, 0.2) is 0 Å². The van der Waals surface area contributed by atoms with Gasteiger partial charge in [0.1, 0.15) is 0 Å². The lowest BCUT2D eigenvalue weighted by atomic mass is 10.1. The van der Waals surface area contributed by atoms with Gasteiger partial charge in [-0.3, -0.25) is 0 Å². The van der Waals surface area contributed by atoms with Crippen LogP contribution in [0.25, 0.3) is 0 Å². The number of carboxylic acids is 1. The van der Waals surface area contributed by atoms with E-state index in [0.717, 1.165) is 12.8 Å². The molecule has 6 nitrogen and oxygen atoms in total. The van der Waals surface area contributed by atoms with Crippen molar-refractivity contribution in [3.63, 3.8) is 0 Å². The van der Waals surface area contributed by atoms with Crippen molar-refractivity contribution in [2.24, 2.45) is 0 Å². The molecule has 0 unspecified atom stereocenters. The fourth-order valence-electron chi connectivity index (χ4n) is 1.54. The summed E-state index contributed by atoms with van der Waals surface area (Å²) >= 11 is 0. The number of aromatic carboxylic acids is 1. The minimum atomic E-state index is -1.26. The minimum Gasteiger partial charge on any atom is -0.478 e. The highest BCUT2D eigenvalue weighted by atomic mass is 17.2. The zero-order chi connectivity index (χ0) is 15.0. The minimum absolute atomic E-state index is 0.154. The van der Waals surface area contributed by atoms with E-state index in [0.29, 0.717) is 6.42 Å². The van der Waals surface area contributed by atoms with Crippen LogP contribution in [0.2, 0.25) is 0 Å². The molecule has 1 aromatic rings. The molecule has 0 spiro atoms. The molecule has 0 amide bonds. The van der Waals surface area contributed by atoms with Gasteiger partial charge in [0, 0.05) is 0 Å². The van der Waals surface area contributed by atoms with E-state index in [1.54, 1.807) is 0 Å². The maximum atomic E-state index is 11.6. The van der Waals surface area contributed by atoms with Gasteiger partial charge in [-0.2, -0.15) is 0 Å². The number of benzene rings is 1. The summed E-state index contributed by atoms with van der Waals surface area (Å²) in [6.07, 6.45) is 2.64. The summed E-state index contributed by atoms with van der Waals surface area (Å²) in [6, 6.07) is 5.53. The third-order valence-electron chi connectivity index (χ3n) is 2.57. The first kappa shape index (κ1) is 15.7. The van der Waals surface area contributed by atoms with Crippen LogP contribution in [0.3, 0.4) is 0 Å². The molecule has 0 aliphatic carbocycles. The van der Waals surface area contributed by atoms with Crippen molar-refractivity contribution in [3.05, 3.63) is 35.4 Å². The smallest absolute Gasteiger partial charge is 0.387 e. The first-order chi connectivity index (χ1) is 9.56. The summed E-state index contributed by atoms with van der Waals surface area (Å²) in [5.41, 5.74) is -0.374. The van der Waals surface area contributed by atoms with E-state index in [-0.39, 0.29) is 17.5 Å². The van der Waals surface area contributed by atoms with Gasteiger partial charge in [-0.1, -0.05) is 31.9 Å². The summed E-state index contributed by atoms with van der Waals surface area (Å²) < 4.78 is 0. The van der Waals surface area contributed by atoms with Crippen molar-refractivity contribution in [2.45, 2.75) is 32.6 Å². The Morgan fingerprint density at radius 1 is 1.05 bits per heavy atom. The van der Waals surface area contributed by atoms with Gasteiger partial charge in [0.05, 0.1) is 17.5 Å². The highest BCUT2D eigenvalue weighted by Crippen LogP contribution is 2.11. The quantitative estimate of drug-likeness (QED) is 0.489. The molecule has 0 radical (unpaired) electrons. The first-order valence-corrected chi connectivity index (χ1v) is 6.30. The van der Waals surface area contributed by atoms with E-state index >= 15 is 0 Å². The van der Waals surface area contributed by atoms with Crippen LogP contribution in [0.1, 0.15) is 53.3 Å². The highest BCUT2D eigenvalue weighted by molar-refractivity contribution is 6.02. The lowest BCUT2D eigenvalue weighted by Gasteiger charge is -2.05. The van der Waals surface area contributed by atoms with Crippen molar-refractivity contribution in [3.8, 4) is 0 Å². The average molecular weight is 280 g/mol. The van der Waals surface area contributed by atoms with Crippen LogP contribution >= 0.6 is 0 Å². The van der Waals surface area contributed by atoms with E-state index in [2.05, 4.69) is 9.78 Å². The number of carboxylic acid groups (broad SMARTS) is 1. The Morgan fingerprint density at radius 2 is 1.70 bits per heavy atom. The fourth-order valence-corrected chi connectivity index (χ4v) is 1.54. The number of carbonyl (C=O) groups is 3. The van der Waals surface area contributed by atoms with Gasteiger partial charge < -0.3 is 5.11 Å². The van der Waals surface area contributed by atoms with Crippen molar-refractivity contribution in [1.29, 1.82) is 0 Å². The Kier molecular flexibility index (Phi) is 6.22. The Hall–Kier alpha value is -2.37. The zero-order valence-electron chi connectivity index (χ0n) is 11.1. The van der Waals surface area contributed by atoms with Crippen LogP contribution in [0, 0.1) is 0 Å². The molecule has 6 heteroatoms. The Bertz CT molecular complexity index is 494. The molecule has 0 aromatic heterocycles. The average Bonchev–Trinajstić information content (AvgIpc) is 2.45. The molecule has 1 aromatic carbocycles. The van der Waals surface area contributed by atoms with Gasteiger partial charge in [0.25, 0.3) is 0 Å². The van der Waals surface area contributed by atoms with E-state index in [1.165, 1.54) is 24.3 Å². The molecule has 0 saturated heterocycles. The Balaban J connectivity index is 2.55. The fraction of sp³-hybridized carbons (Fsp3) is 0.357. The molecule has 0 bridgehead atoms. The Labute approximate surface area is 116 Å². The van der Waals surface area contributed by atoms with Gasteiger partial charge >= 0.3 is 17.9 Å². The number of hydrogen-bond donors (Lipinski definition) is 1. The predicted molar refractivity (Wildman–Crippen MR) is 69.1 cm³/mol. The summed E-state index contributed by atoms with van der Waals surface area (Å²) in [6.45, 7) is 1.99. The molecule has 20 heavy (non-hydrogen) atoms. The summed E-state index contributed by atoms with van der Waals surface area (Å²) in [4.78, 5) is 42.5. The maximum Gasteiger partial charge on any atom is 0.387 e. The number of carbonyl (C=O) groups excluding carboxylic acids is 2.